The third-order valence-electron chi connectivity index (χ3n) is 3.15. The van der Waals surface area contributed by atoms with E-state index in [9.17, 15) is 9.59 Å². The Hall–Kier alpha value is -1.44. The number of carbonyl (C=O) groups excluding carboxylic acids is 1. The molecule has 1 heterocycles. The van der Waals surface area contributed by atoms with E-state index in [1.165, 1.54) is 6.08 Å². The highest BCUT2D eigenvalue weighted by Gasteiger charge is 2.22. The van der Waals surface area contributed by atoms with Crippen molar-refractivity contribution in [1.29, 1.82) is 0 Å². The molecule has 0 amide bonds. The van der Waals surface area contributed by atoms with Crippen LogP contribution >= 0.6 is 0 Å². The zero-order valence-corrected chi connectivity index (χ0v) is 12.3. The second kappa shape index (κ2) is 10.3. The Morgan fingerprint density at radius 3 is 2.76 bits per heavy atom. The minimum atomic E-state index is -1.03. The van der Waals surface area contributed by atoms with Crippen molar-refractivity contribution in [1.82, 2.24) is 10.2 Å². The standard InChI is InChI=1S/C14H24N2O5/c1-2-8-21-14(19)12(11-13(17)18)15-4-3-5-16-6-9-20-10-7-16/h2,12,15H,1,3-11H2,(H,17,18)/t12-/m0/s1. The lowest BCUT2D eigenvalue weighted by molar-refractivity contribution is -0.149. The van der Waals surface area contributed by atoms with Gasteiger partial charge >= 0.3 is 11.9 Å². The van der Waals surface area contributed by atoms with Gasteiger partial charge in [0.25, 0.3) is 0 Å². The van der Waals surface area contributed by atoms with Gasteiger partial charge in [-0.2, -0.15) is 0 Å². The average Bonchev–Trinajstić information content (AvgIpc) is 2.48. The molecule has 1 atom stereocenters. The summed E-state index contributed by atoms with van der Waals surface area (Å²) in [7, 11) is 0. The van der Waals surface area contributed by atoms with Crippen LogP contribution in [0.25, 0.3) is 0 Å². The topological polar surface area (TPSA) is 88.1 Å². The predicted octanol–water partition coefficient (Wildman–Crippen LogP) is -0.129. The van der Waals surface area contributed by atoms with Gasteiger partial charge in [-0.3, -0.25) is 14.5 Å². The second-order valence-electron chi connectivity index (χ2n) is 4.83. The quantitative estimate of drug-likeness (QED) is 0.330. The molecule has 0 aromatic carbocycles. The van der Waals surface area contributed by atoms with E-state index >= 15 is 0 Å². The molecule has 7 nitrogen and oxygen atoms in total. The summed E-state index contributed by atoms with van der Waals surface area (Å²) in [5.74, 6) is -1.58. The Bertz CT molecular complexity index is 342. The first-order chi connectivity index (χ1) is 10.1. The maximum Gasteiger partial charge on any atom is 0.324 e. The number of carboxylic acid groups (broad SMARTS) is 1. The predicted molar refractivity (Wildman–Crippen MR) is 77.1 cm³/mol. The summed E-state index contributed by atoms with van der Waals surface area (Å²) in [6.45, 7) is 8.35. The van der Waals surface area contributed by atoms with Crippen LogP contribution in [-0.4, -0.2) is 74.0 Å². The van der Waals surface area contributed by atoms with Gasteiger partial charge in [0.2, 0.25) is 0 Å². The van der Waals surface area contributed by atoms with Crippen molar-refractivity contribution in [3.05, 3.63) is 12.7 Å². The van der Waals surface area contributed by atoms with Crippen LogP contribution < -0.4 is 5.32 Å². The SMILES string of the molecule is C=CCOC(=O)[C@H](CC(=O)O)NCCCN1CCOCC1. The first-order valence-electron chi connectivity index (χ1n) is 7.16. The molecule has 120 valence electrons. The second-order valence-corrected chi connectivity index (χ2v) is 4.83. The fourth-order valence-electron chi connectivity index (χ4n) is 2.06. The Balaban J connectivity index is 2.25. The van der Waals surface area contributed by atoms with Crippen molar-refractivity contribution in [2.45, 2.75) is 18.9 Å². The van der Waals surface area contributed by atoms with Crippen molar-refractivity contribution in [2.24, 2.45) is 0 Å². The summed E-state index contributed by atoms with van der Waals surface area (Å²) in [6.07, 6.45) is 2.01. The number of hydrogen-bond donors (Lipinski definition) is 2. The molecule has 1 fully saturated rings. The summed E-state index contributed by atoms with van der Waals surface area (Å²) in [4.78, 5) is 24.8. The molecule has 0 aliphatic carbocycles. The fraction of sp³-hybridized carbons (Fsp3) is 0.714. The maximum atomic E-state index is 11.7. The number of hydrogen-bond acceptors (Lipinski definition) is 6. The van der Waals surface area contributed by atoms with Crippen LogP contribution in [0.5, 0.6) is 0 Å². The van der Waals surface area contributed by atoms with Gasteiger partial charge in [0, 0.05) is 13.1 Å². The Morgan fingerprint density at radius 2 is 2.14 bits per heavy atom. The van der Waals surface area contributed by atoms with Gasteiger partial charge in [-0.05, 0) is 19.5 Å². The molecule has 0 aromatic heterocycles. The summed E-state index contributed by atoms with van der Waals surface area (Å²) in [5.41, 5.74) is 0. The van der Waals surface area contributed by atoms with Crippen LogP contribution in [0.1, 0.15) is 12.8 Å². The number of carboxylic acids is 1. The van der Waals surface area contributed by atoms with Crippen LogP contribution in [0.15, 0.2) is 12.7 Å². The molecular formula is C14H24N2O5. The summed E-state index contributed by atoms with van der Waals surface area (Å²) in [6, 6.07) is -0.813. The number of esters is 1. The van der Waals surface area contributed by atoms with Crippen molar-refractivity contribution in [3.63, 3.8) is 0 Å². The van der Waals surface area contributed by atoms with Crippen LogP contribution in [-0.2, 0) is 19.1 Å². The van der Waals surface area contributed by atoms with Gasteiger partial charge < -0.3 is 19.9 Å². The van der Waals surface area contributed by atoms with E-state index in [1.807, 2.05) is 0 Å². The minimum Gasteiger partial charge on any atom is -0.481 e. The maximum absolute atomic E-state index is 11.7. The van der Waals surface area contributed by atoms with Gasteiger partial charge in [-0.1, -0.05) is 12.7 Å². The number of rotatable bonds is 10. The van der Waals surface area contributed by atoms with Gasteiger partial charge in [0.05, 0.1) is 19.6 Å². The summed E-state index contributed by atoms with van der Waals surface area (Å²) >= 11 is 0. The Kier molecular flexibility index (Phi) is 8.65. The van der Waals surface area contributed by atoms with Gasteiger partial charge in [-0.15, -0.1) is 0 Å². The highest BCUT2D eigenvalue weighted by atomic mass is 16.5. The van der Waals surface area contributed by atoms with Gasteiger partial charge in [0.1, 0.15) is 12.6 Å². The number of aliphatic carboxylic acids is 1. The summed E-state index contributed by atoms with van der Waals surface area (Å²) < 4.78 is 10.2. The van der Waals surface area contributed by atoms with Crippen molar-refractivity contribution in [2.75, 3.05) is 46.0 Å². The number of nitrogens with zero attached hydrogens (tertiary/aromatic N) is 1. The molecule has 7 heteroatoms. The highest BCUT2D eigenvalue weighted by molar-refractivity contribution is 5.82. The van der Waals surface area contributed by atoms with Crippen LogP contribution in [0.2, 0.25) is 0 Å². The summed E-state index contributed by atoms with van der Waals surface area (Å²) in [5, 5.41) is 11.8. The van der Waals surface area contributed by atoms with Crippen molar-refractivity contribution < 1.29 is 24.2 Å². The largest absolute Gasteiger partial charge is 0.481 e. The Morgan fingerprint density at radius 1 is 1.43 bits per heavy atom. The van der Waals surface area contributed by atoms with Crippen LogP contribution in [0.3, 0.4) is 0 Å². The molecule has 1 aliphatic heterocycles. The molecule has 2 N–H and O–H groups in total. The van der Waals surface area contributed by atoms with E-state index in [0.717, 1.165) is 39.3 Å². The molecule has 0 radical (unpaired) electrons. The van der Waals surface area contributed by atoms with Crippen LogP contribution in [0.4, 0.5) is 0 Å². The lowest BCUT2D eigenvalue weighted by atomic mass is 10.2. The van der Waals surface area contributed by atoms with Gasteiger partial charge in [0.15, 0.2) is 0 Å². The fourth-order valence-corrected chi connectivity index (χ4v) is 2.06. The van der Waals surface area contributed by atoms with E-state index in [2.05, 4.69) is 16.8 Å². The average molecular weight is 300 g/mol. The number of nitrogens with one attached hydrogen (secondary N) is 1. The number of ether oxygens (including phenoxy) is 2. The first-order valence-corrected chi connectivity index (χ1v) is 7.16. The normalized spacial score (nSPS) is 17.1. The number of carbonyl (C=O) groups is 2. The molecule has 0 spiro atoms. The smallest absolute Gasteiger partial charge is 0.324 e. The molecule has 0 aromatic rings. The first kappa shape index (κ1) is 17.6. The molecule has 0 saturated carbocycles. The van der Waals surface area contributed by atoms with Crippen LogP contribution in [0, 0.1) is 0 Å². The third kappa shape index (κ3) is 7.79. The molecule has 0 unspecified atom stereocenters. The van der Waals surface area contributed by atoms with Crippen molar-refractivity contribution in [3.8, 4) is 0 Å². The zero-order valence-electron chi connectivity index (χ0n) is 12.3. The molecule has 21 heavy (non-hydrogen) atoms. The Labute approximate surface area is 124 Å². The minimum absolute atomic E-state index is 0.0877. The van der Waals surface area contributed by atoms with E-state index < -0.39 is 18.0 Å². The lowest BCUT2D eigenvalue weighted by Gasteiger charge is -2.26. The van der Waals surface area contributed by atoms with E-state index in [4.69, 9.17) is 14.6 Å². The molecule has 1 rings (SSSR count). The van der Waals surface area contributed by atoms with Crippen molar-refractivity contribution >= 4 is 11.9 Å². The zero-order chi connectivity index (χ0) is 15.5. The highest BCUT2D eigenvalue weighted by Crippen LogP contribution is 2.00. The molecule has 1 saturated heterocycles. The number of morpholine rings is 1. The lowest BCUT2D eigenvalue weighted by Crippen LogP contribution is -2.42. The molecular weight excluding hydrogens is 276 g/mol. The van der Waals surface area contributed by atoms with E-state index in [0.29, 0.717) is 6.54 Å². The molecule has 1 aliphatic rings. The third-order valence-corrected chi connectivity index (χ3v) is 3.15. The molecule has 0 bridgehead atoms. The van der Waals surface area contributed by atoms with E-state index in [1.54, 1.807) is 0 Å². The van der Waals surface area contributed by atoms with E-state index in [-0.39, 0.29) is 13.0 Å². The van der Waals surface area contributed by atoms with Gasteiger partial charge in [-0.25, -0.2) is 0 Å². The monoisotopic (exact) mass is 300 g/mol.